The molecule has 0 aromatic heterocycles. The van der Waals surface area contributed by atoms with Crippen LogP contribution in [0.1, 0.15) is 44.1 Å². The maximum atomic E-state index is 12.8. The molecule has 0 bridgehead atoms. The van der Waals surface area contributed by atoms with Gasteiger partial charge in [-0.3, -0.25) is 4.79 Å². The van der Waals surface area contributed by atoms with Crippen LogP contribution < -0.4 is 5.73 Å². The zero-order valence-electron chi connectivity index (χ0n) is 14.6. The molecule has 1 saturated heterocycles. The van der Waals surface area contributed by atoms with Crippen LogP contribution in [-0.4, -0.2) is 30.4 Å². The van der Waals surface area contributed by atoms with Gasteiger partial charge in [0.1, 0.15) is 0 Å². The van der Waals surface area contributed by atoms with Crippen LogP contribution in [0, 0.1) is 23.2 Å². The molecule has 3 atom stereocenters. The van der Waals surface area contributed by atoms with Gasteiger partial charge in [-0.1, -0.05) is 36.8 Å². The number of hydrogen-bond acceptors (Lipinski definition) is 2. The third-order valence-electron chi connectivity index (χ3n) is 7.03. The van der Waals surface area contributed by atoms with E-state index >= 15 is 0 Å². The van der Waals surface area contributed by atoms with Gasteiger partial charge in [-0.05, 0) is 67.9 Å². The van der Waals surface area contributed by atoms with Gasteiger partial charge in [0.25, 0.3) is 0 Å². The van der Waals surface area contributed by atoms with Crippen LogP contribution in [0.25, 0.3) is 0 Å². The van der Waals surface area contributed by atoms with Gasteiger partial charge in [-0.2, -0.15) is 0 Å². The van der Waals surface area contributed by atoms with Crippen LogP contribution in [0.4, 0.5) is 0 Å². The Morgan fingerprint density at radius 2 is 1.92 bits per heavy atom. The minimum atomic E-state index is 0.285. The normalized spacial score (nSPS) is 31.4. The van der Waals surface area contributed by atoms with E-state index in [1.54, 1.807) is 0 Å². The van der Waals surface area contributed by atoms with Crippen LogP contribution in [0.2, 0.25) is 0 Å². The molecule has 1 aliphatic heterocycles. The van der Waals surface area contributed by atoms with Gasteiger partial charge in [0.2, 0.25) is 5.91 Å². The molecule has 2 aliphatic carbocycles. The Labute approximate surface area is 145 Å². The van der Waals surface area contributed by atoms with E-state index in [4.69, 9.17) is 5.73 Å². The molecule has 130 valence electrons. The number of carbonyl (C=O) groups excluding carboxylic acids is 1. The lowest BCUT2D eigenvalue weighted by Gasteiger charge is -2.43. The third kappa shape index (κ3) is 2.99. The number of hydrogen-bond donors (Lipinski definition) is 1. The van der Waals surface area contributed by atoms with E-state index in [-0.39, 0.29) is 5.92 Å². The first-order valence-electron chi connectivity index (χ1n) is 9.75. The van der Waals surface area contributed by atoms with Gasteiger partial charge < -0.3 is 10.6 Å². The highest BCUT2D eigenvalue weighted by atomic mass is 16.2. The fraction of sp³-hybridized carbons (Fsp3) is 0.667. The molecule has 1 aromatic carbocycles. The van der Waals surface area contributed by atoms with Crippen molar-refractivity contribution in [2.24, 2.45) is 28.9 Å². The second-order valence-corrected chi connectivity index (χ2v) is 8.30. The van der Waals surface area contributed by atoms with Crippen LogP contribution in [-0.2, 0) is 11.2 Å². The number of amides is 1. The van der Waals surface area contributed by atoms with E-state index in [2.05, 4.69) is 35.2 Å². The number of carbonyl (C=O) groups is 1. The number of rotatable bonds is 4. The van der Waals surface area contributed by atoms with Gasteiger partial charge in [0.05, 0.1) is 0 Å². The van der Waals surface area contributed by atoms with Gasteiger partial charge in [-0.25, -0.2) is 0 Å². The van der Waals surface area contributed by atoms with E-state index in [9.17, 15) is 4.79 Å². The smallest absolute Gasteiger partial charge is 0.225 e. The molecule has 3 fully saturated rings. The molecule has 1 heterocycles. The minimum Gasteiger partial charge on any atom is -0.342 e. The Hall–Kier alpha value is -1.35. The van der Waals surface area contributed by atoms with Gasteiger partial charge in [-0.15, -0.1) is 0 Å². The second-order valence-electron chi connectivity index (χ2n) is 8.30. The fourth-order valence-electron chi connectivity index (χ4n) is 5.34. The van der Waals surface area contributed by atoms with E-state index in [0.717, 1.165) is 32.5 Å². The van der Waals surface area contributed by atoms with E-state index in [1.165, 1.54) is 37.7 Å². The molecule has 24 heavy (non-hydrogen) atoms. The maximum Gasteiger partial charge on any atom is 0.225 e. The molecular formula is C21H30N2O. The van der Waals surface area contributed by atoms with Crippen molar-refractivity contribution in [1.29, 1.82) is 0 Å². The van der Waals surface area contributed by atoms with Crippen molar-refractivity contribution in [3.8, 4) is 0 Å². The first-order valence-corrected chi connectivity index (χ1v) is 9.75. The lowest BCUT2D eigenvalue weighted by molar-refractivity contribution is -0.135. The maximum absolute atomic E-state index is 12.8. The monoisotopic (exact) mass is 326 g/mol. The van der Waals surface area contributed by atoms with E-state index < -0.39 is 0 Å². The topological polar surface area (TPSA) is 46.3 Å². The fourth-order valence-corrected chi connectivity index (χ4v) is 5.34. The highest BCUT2D eigenvalue weighted by Crippen LogP contribution is 2.51. The predicted octanol–water partition coefficient (Wildman–Crippen LogP) is 3.23. The molecule has 1 amide bonds. The summed E-state index contributed by atoms with van der Waals surface area (Å²) >= 11 is 0. The summed E-state index contributed by atoms with van der Waals surface area (Å²) < 4.78 is 0. The first-order chi connectivity index (χ1) is 11.7. The summed E-state index contributed by atoms with van der Waals surface area (Å²) in [6.07, 6.45) is 8.46. The number of piperidine rings is 1. The predicted molar refractivity (Wildman–Crippen MR) is 96.4 cm³/mol. The van der Waals surface area contributed by atoms with Gasteiger partial charge in [0.15, 0.2) is 0 Å². The second kappa shape index (κ2) is 6.51. The zero-order valence-corrected chi connectivity index (χ0v) is 14.6. The highest BCUT2D eigenvalue weighted by molar-refractivity contribution is 5.81. The molecule has 1 aromatic rings. The molecule has 0 radical (unpaired) electrons. The van der Waals surface area contributed by atoms with Crippen LogP contribution in [0.5, 0.6) is 0 Å². The highest BCUT2D eigenvalue weighted by Gasteiger charge is 2.48. The quantitative estimate of drug-likeness (QED) is 0.923. The van der Waals surface area contributed by atoms with Crippen molar-refractivity contribution in [3.63, 3.8) is 0 Å². The average molecular weight is 326 g/mol. The summed E-state index contributed by atoms with van der Waals surface area (Å²) in [6, 6.07) is 10.6. The first kappa shape index (κ1) is 16.1. The Balaban J connectivity index is 1.30. The molecular weight excluding hydrogens is 296 g/mol. The zero-order chi connectivity index (χ0) is 16.6. The van der Waals surface area contributed by atoms with E-state index in [0.29, 0.717) is 23.2 Å². The largest absolute Gasteiger partial charge is 0.342 e. The van der Waals surface area contributed by atoms with Crippen LogP contribution in [0.3, 0.4) is 0 Å². The summed E-state index contributed by atoms with van der Waals surface area (Å²) in [4.78, 5) is 15.0. The molecule has 2 saturated carbocycles. The van der Waals surface area contributed by atoms with Crippen molar-refractivity contribution in [2.45, 2.75) is 44.9 Å². The standard InChI is InChI=1S/C21H30N2O/c22-15-18-7-4-8-21(18)9-11-23(12-10-21)20(24)19-14-17(19)13-16-5-2-1-3-6-16/h1-3,5-6,17-19H,4,7-15,22H2. The van der Waals surface area contributed by atoms with Crippen LogP contribution >= 0.6 is 0 Å². The number of benzene rings is 1. The lowest BCUT2D eigenvalue weighted by atomic mass is 9.70. The SMILES string of the molecule is NCC1CCCC12CCN(C(=O)C1CC1Cc1ccccc1)CC2. The van der Waals surface area contributed by atoms with Crippen molar-refractivity contribution < 1.29 is 4.79 Å². The summed E-state index contributed by atoms with van der Waals surface area (Å²) in [5.74, 6) is 1.97. The molecule has 1 spiro atoms. The summed E-state index contributed by atoms with van der Waals surface area (Å²) in [6.45, 7) is 2.75. The number of nitrogens with two attached hydrogens (primary N) is 1. The summed E-state index contributed by atoms with van der Waals surface area (Å²) in [5.41, 5.74) is 7.83. The van der Waals surface area contributed by atoms with Crippen molar-refractivity contribution in [2.75, 3.05) is 19.6 Å². The molecule has 3 aliphatic rings. The van der Waals surface area contributed by atoms with E-state index in [1.807, 2.05) is 0 Å². The number of likely N-dealkylation sites (tertiary alicyclic amines) is 1. The molecule has 3 unspecified atom stereocenters. The van der Waals surface area contributed by atoms with Crippen LogP contribution in [0.15, 0.2) is 30.3 Å². The molecule has 3 nitrogen and oxygen atoms in total. The van der Waals surface area contributed by atoms with Crippen molar-refractivity contribution >= 4 is 5.91 Å². The molecule has 4 rings (SSSR count). The Kier molecular flexibility index (Phi) is 4.38. The minimum absolute atomic E-state index is 0.285. The Bertz CT molecular complexity index is 577. The molecule has 2 N–H and O–H groups in total. The average Bonchev–Trinajstić information content (AvgIpc) is 3.28. The lowest BCUT2D eigenvalue weighted by Crippen LogP contribution is -2.46. The Morgan fingerprint density at radius 3 is 2.62 bits per heavy atom. The van der Waals surface area contributed by atoms with Crippen molar-refractivity contribution in [1.82, 2.24) is 4.90 Å². The van der Waals surface area contributed by atoms with Gasteiger partial charge >= 0.3 is 0 Å². The van der Waals surface area contributed by atoms with Gasteiger partial charge in [0, 0.05) is 19.0 Å². The van der Waals surface area contributed by atoms with Crippen molar-refractivity contribution in [3.05, 3.63) is 35.9 Å². The summed E-state index contributed by atoms with van der Waals surface area (Å²) in [7, 11) is 0. The number of nitrogens with zero attached hydrogens (tertiary/aromatic N) is 1. The Morgan fingerprint density at radius 1 is 1.17 bits per heavy atom. The molecule has 3 heteroatoms. The summed E-state index contributed by atoms with van der Waals surface area (Å²) in [5, 5.41) is 0. The third-order valence-corrected chi connectivity index (χ3v) is 7.03.